The van der Waals surface area contributed by atoms with E-state index in [4.69, 9.17) is 11.6 Å². The molecule has 2 aromatic rings. The topological polar surface area (TPSA) is 67.8 Å². The van der Waals surface area contributed by atoms with E-state index in [1.807, 2.05) is 6.92 Å². The van der Waals surface area contributed by atoms with Gasteiger partial charge in [0.1, 0.15) is 0 Å². The maximum absolute atomic E-state index is 11.8. The first kappa shape index (κ1) is 11.5. The third-order valence-corrected chi connectivity index (χ3v) is 2.37. The minimum Gasteiger partial charge on any atom is -0.319 e. The van der Waals surface area contributed by atoms with Gasteiger partial charge in [0.05, 0.1) is 23.6 Å². The van der Waals surface area contributed by atoms with Crippen LogP contribution in [0.25, 0.3) is 0 Å². The first-order valence-corrected chi connectivity index (χ1v) is 5.25. The molecule has 0 aliphatic heterocycles. The minimum absolute atomic E-state index is 0.256. The number of hydrogen-bond acceptors (Lipinski definition) is 4. The third-order valence-electron chi connectivity index (χ3n) is 2.07. The van der Waals surface area contributed by atoms with Gasteiger partial charge in [0, 0.05) is 6.20 Å². The van der Waals surface area contributed by atoms with Crippen molar-refractivity contribution in [2.75, 3.05) is 5.32 Å². The maximum atomic E-state index is 11.8. The predicted molar refractivity (Wildman–Crippen MR) is 64.0 cm³/mol. The number of aromatic nitrogens is 3. The number of pyridine rings is 1. The van der Waals surface area contributed by atoms with Gasteiger partial charge in [-0.1, -0.05) is 11.6 Å². The first-order chi connectivity index (χ1) is 8.16. The number of amides is 1. The highest BCUT2D eigenvalue weighted by Crippen LogP contribution is 2.20. The first-order valence-electron chi connectivity index (χ1n) is 4.87. The molecule has 2 rings (SSSR count). The van der Waals surface area contributed by atoms with Crippen LogP contribution >= 0.6 is 11.6 Å². The second-order valence-electron chi connectivity index (χ2n) is 3.44. The Balaban J connectivity index is 2.22. The van der Waals surface area contributed by atoms with Crippen LogP contribution in [0.4, 0.5) is 5.69 Å². The van der Waals surface area contributed by atoms with Crippen molar-refractivity contribution in [2.24, 2.45) is 0 Å². The normalized spacial score (nSPS) is 10.0. The molecule has 1 N–H and O–H groups in total. The molecule has 0 aliphatic carbocycles. The van der Waals surface area contributed by atoms with Gasteiger partial charge in [0.25, 0.3) is 5.91 Å². The summed E-state index contributed by atoms with van der Waals surface area (Å²) in [7, 11) is 0. The number of nitrogens with zero attached hydrogens (tertiary/aromatic N) is 3. The van der Waals surface area contributed by atoms with E-state index in [2.05, 4.69) is 20.5 Å². The van der Waals surface area contributed by atoms with Crippen LogP contribution in [-0.2, 0) is 0 Å². The summed E-state index contributed by atoms with van der Waals surface area (Å²) in [6, 6.07) is 3.32. The number of anilines is 1. The predicted octanol–water partition coefficient (Wildman–Crippen LogP) is 2.09. The lowest BCUT2D eigenvalue weighted by molar-refractivity contribution is 0.102. The van der Waals surface area contributed by atoms with E-state index in [1.165, 1.54) is 12.4 Å². The van der Waals surface area contributed by atoms with Gasteiger partial charge in [-0.3, -0.25) is 4.79 Å². The van der Waals surface area contributed by atoms with E-state index in [0.29, 0.717) is 11.3 Å². The average molecular weight is 249 g/mol. The number of aryl methyl sites for hydroxylation is 1. The van der Waals surface area contributed by atoms with Crippen LogP contribution in [-0.4, -0.2) is 21.1 Å². The SMILES string of the molecule is Cc1cnc(Cl)c(NC(=O)c2ccnnc2)c1. The highest BCUT2D eigenvalue weighted by atomic mass is 35.5. The molecule has 1 amide bonds. The van der Waals surface area contributed by atoms with Gasteiger partial charge in [-0.25, -0.2) is 4.98 Å². The summed E-state index contributed by atoms with van der Waals surface area (Å²) >= 11 is 5.87. The van der Waals surface area contributed by atoms with Gasteiger partial charge in [-0.15, -0.1) is 0 Å². The number of carbonyl (C=O) groups excluding carboxylic acids is 1. The van der Waals surface area contributed by atoms with Crippen molar-refractivity contribution in [3.63, 3.8) is 0 Å². The van der Waals surface area contributed by atoms with E-state index in [-0.39, 0.29) is 11.1 Å². The third kappa shape index (κ3) is 2.76. The Kier molecular flexibility index (Phi) is 3.30. The Morgan fingerprint density at radius 3 is 2.88 bits per heavy atom. The summed E-state index contributed by atoms with van der Waals surface area (Å²) in [5.74, 6) is -0.297. The van der Waals surface area contributed by atoms with Gasteiger partial charge in [-0.2, -0.15) is 10.2 Å². The molecule has 86 valence electrons. The van der Waals surface area contributed by atoms with Gasteiger partial charge in [0.2, 0.25) is 0 Å². The zero-order chi connectivity index (χ0) is 12.3. The monoisotopic (exact) mass is 248 g/mol. The summed E-state index contributed by atoms with van der Waals surface area (Å²) in [5, 5.41) is 10.1. The molecule has 2 aromatic heterocycles. The highest BCUT2D eigenvalue weighted by Gasteiger charge is 2.09. The Morgan fingerprint density at radius 2 is 2.18 bits per heavy atom. The molecule has 0 fully saturated rings. The smallest absolute Gasteiger partial charge is 0.257 e. The van der Waals surface area contributed by atoms with E-state index >= 15 is 0 Å². The van der Waals surface area contributed by atoms with Crippen LogP contribution in [0.5, 0.6) is 0 Å². The lowest BCUT2D eigenvalue weighted by Crippen LogP contribution is -2.13. The molecule has 0 aromatic carbocycles. The Bertz CT molecular complexity index is 544. The fourth-order valence-corrected chi connectivity index (χ4v) is 1.41. The van der Waals surface area contributed by atoms with Crippen molar-refractivity contribution in [1.82, 2.24) is 15.2 Å². The highest BCUT2D eigenvalue weighted by molar-refractivity contribution is 6.32. The summed E-state index contributed by atoms with van der Waals surface area (Å²) in [6.07, 6.45) is 4.46. The number of hydrogen-bond donors (Lipinski definition) is 1. The number of halogens is 1. The van der Waals surface area contributed by atoms with Crippen molar-refractivity contribution in [3.8, 4) is 0 Å². The zero-order valence-electron chi connectivity index (χ0n) is 9.01. The van der Waals surface area contributed by atoms with Crippen LogP contribution in [0, 0.1) is 6.92 Å². The molecule has 0 saturated carbocycles. The van der Waals surface area contributed by atoms with Crippen LogP contribution < -0.4 is 5.32 Å². The quantitative estimate of drug-likeness (QED) is 0.827. The van der Waals surface area contributed by atoms with Crippen molar-refractivity contribution in [2.45, 2.75) is 6.92 Å². The molecule has 6 heteroatoms. The zero-order valence-corrected chi connectivity index (χ0v) is 9.77. The lowest BCUT2D eigenvalue weighted by Gasteiger charge is -2.06. The second kappa shape index (κ2) is 4.88. The lowest BCUT2D eigenvalue weighted by atomic mass is 10.2. The molecular formula is C11H9ClN4O. The van der Waals surface area contributed by atoms with Crippen LogP contribution in [0.2, 0.25) is 5.15 Å². The summed E-state index contributed by atoms with van der Waals surface area (Å²) in [5.41, 5.74) is 1.81. The molecule has 0 atom stereocenters. The summed E-state index contributed by atoms with van der Waals surface area (Å²) in [4.78, 5) is 15.8. The second-order valence-corrected chi connectivity index (χ2v) is 3.79. The van der Waals surface area contributed by atoms with E-state index < -0.39 is 0 Å². The van der Waals surface area contributed by atoms with Crippen LogP contribution in [0.3, 0.4) is 0 Å². The Hall–Kier alpha value is -2.01. The molecule has 0 saturated heterocycles. The van der Waals surface area contributed by atoms with Gasteiger partial charge < -0.3 is 5.32 Å². The number of nitrogens with one attached hydrogen (secondary N) is 1. The minimum atomic E-state index is -0.297. The van der Waals surface area contributed by atoms with Gasteiger partial charge >= 0.3 is 0 Å². The maximum Gasteiger partial charge on any atom is 0.257 e. The Morgan fingerprint density at radius 1 is 1.35 bits per heavy atom. The van der Waals surface area contributed by atoms with Crippen LogP contribution in [0.15, 0.2) is 30.7 Å². The average Bonchev–Trinajstić information content (AvgIpc) is 2.35. The molecule has 0 bridgehead atoms. The summed E-state index contributed by atoms with van der Waals surface area (Å²) in [6.45, 7) is 1.87. The number of carbonyl (C=O) groups is 1. The van der Waals surface area contributed by atoms with Gasteiger partial charge in [-0.05, 0) is 24.6 Å². The summed E-state index contributed by atoms with van der Waals surface area (Å²) < 4.78 is 0. The molecule has 0 spiro atoms. The molecule has 0 unspecified atom stereocenters. The van der Waals surface area contributed by atoms with Crippen molar-refractivity contribution >= 4 is 23.2 Å². The van der Waals surface area contributed by atoms with Crippen molar-refractivity contribution in [3.05, 3.63) is 47.0 Å². The Labute approximate surface area is 103 Å². The fourth-order valence-electron chi connectivity index (χ4n) is 1.26. The van der Waals surface area contributed by atoms with E-state index in [1.54, 1.807) is 18.3 Å². The molecular weight excluding hydrogens is 240 g/mol. The number of rotatable bonds is 2. The molecule has 0 aliphatic rings. The van der Waals surface area contributed by atoms with Crippen molar-refractivity contribution in [1.29, 1.82) is 0 Å². The molecule has 0 radical (unpaired) electrons. The van der Waals surface area contributed by atoms with E-state index in [0.717, 1.165) is 5.56 Å². The fraction of sp³-hybridized carbons (Fsp3) is 0.0909. The van der Waals surface area contributed by atoms with Crippen LogP contribution in [0.1, 0.15) is 15.9 Å². The molecule has 5 nitrogen and oxygen atoms in total. The molecule has 2 heterocycles. The molecule has 17 heavy (non-hydrogen) atoms. The van der Waals surface area contributed by atoms with Crippen molar-refractivity contribution < 1.29 is 4.79 Å². The van der Waals surface area contributed by atoms with E-state index in [9.17, 15) is 4.79 Å². The van der Waals surface area contributed by atoms with Gasteiger partial charge in [0.15, 0.2) is 5.15 Å². The largest absolute Gasteiger partial charge is 0.319 e. The standard InChI is InChI=1S/C11H9ClN4O/c1-7-4-9(10(12)13-5-7)16-11(17)8-2-3-14-15-6-8/h2-6H,1H3,(H,16,17).